The quantitative estimate of drug-likeness (QED) is 0.854. The lowest BCUT2D eigenvalue weighted by Crippen LogP contribution is -2.09. The van der Waals surface area contributed by atoms with E-state index in [2.05, 4.69) is 0 Å². The molecule has 0 unspecified atom stereocenters. The molecule has 2 aromatic carbocycles. The summed E-state index contributed by atoms with van der Waals surface area (Å²) in [6.45, 7) is 2.37. The van der Waals surface area contributed by atoms with Crippen LogP contribution in [0.15, 0.2) is 42.5 Å². The van der Waals surface area contributed by atoms with Crippen LogP contribution in [0.5, 0.6) is 17.2 Å². The molecule has 5 heteroatoms. The predicted octanol–water partition coefficient (Wildman–Crippen LogP) is 3.65. The molecule has 2 aromatic rings. The Bertz CT molecular complexity index is 631. The summed E-state index contributed by atoms with van der Waals surface area (Å²) in [7, 11) is 0. The highest BCUT2D eigenvalue weighted by atomic mass is 32.1. The highest BCUT2D eigenvalue weighted by Crippen LogP contribution is 2.32. The molecular formula is C15H14FNO2S. The van der Waals surface area contributed by atoms with Gasteiger partial charge in [-0.05, 0) is 37.3 Å². The Labute approximate surface area is 122 Å². The van der Waals surface area contributed by atoms with Crippen molar-refractivity contribution in [2.75, 3.05) is 6.61 Å². The van der Waals surface area contributed by atoms with Crippen molar-refractivity contribution in [1.29, 1.82) is 0 Å². The van der Waals surface area contributed by atoms with Gasteiger partial charge in [-0.1, -0.05) is 24.4 Å². The van der Waals surface area contributed by atoms with Crippen molar-refractivity contribution in [2.24, 2.45) is 5.73 Å². The number of thiocarbonyl (C=S) groups is 1. The van der Waals surface area contributed by atoms with Crippen molar-refractivity contribution in [3.05, 3.63) is 53.8 Å². The van der Waals surface area contributed by atoms with Gasteiger partial charge in [0.2, 0.25) is 0 Å². The Hall–Kier alpha value is -2.14. The second-order valence-electron chi connectivity index (χ2n) is 3.99. The molecule has 0 saturated heterocycles. The smallest absolute Gasteiger partial charge is 0.169 e. The monoisotopic (exact) mass is 291 g/mol. The average molecular weight is 291 g/mol. The van der Waals surface area contributed by atoms with E-state index >= 15 is 0 Å². The zero-order valence-electron chi connectivity index (χ0n) is 10.9. The van der Waals surface area contributed by atoms with Crippen molar-refractivity contribution in [3.63, 3.8) is 0 Å². The molecule has 0 fully saturated rings. The van der Waals surface area contributed by atoms with Gasteiger partial charge in [0, 0.05) is 5.56 Å². The summed E-state index contributed by atoms with van der Waals surface area (Å²) in [4.78, 5) is 0.144. The van der Waals surface area contributed by atoms with Gasteiger partial charge >= 0.3 is 0 Å². The van der Waals surface area contributed by atoms with Crippen molar-refractivity contribution in [1.82, 2.24) is 0 Å². The van der Waals surface area contributed by atoms with Gasteiger partial charge in [0.1, 0.15) is 4.99 Å². The Kier molecular flexibility index (Phi) is 4.53. The van der Waals surface area contributed by atoms with E-state index in [1.807, 2.05) is 13.0 Å². The van der Waals surface area contributed by atoms with Crippen LogP contribution in [0.2, 0.25) is 0 Å². The highest BCUT2D eigenvalue weighted by molar-refractivity contribution is 7.80. The first-order chi connectivity index (χ1) is 9.61. The Morgan fingerprint density at radius 3 is 2.45 bits per heavy atom. The Morgan fingerprint density at radius 1 is 1.15 bits per heavy atom. The molecule has 0 atom stereocenters. The van der Waals surface area contributed by atoms with E-state index in [0.717, 1.165) is 0 Å². The molecule has 0 saturated carbocycles. The van der Waals surface area contributed by atoms with Gasteiger partial charge in [0.15, 0.2) is 23.1 Å². The summed E-state index contributed by atoms with van der Waals surface area (Å²) in [6.07, 6.45) is 0. The molecule has 0 aliphatic carbocycles. The zero-order chi connectivity index (χ0) is 14.5. The van der Waals surface area contributed by atoms with E-state index < -0.39 is 5.82 Å². The Balaban J connectivity index is 2.28. The average Bonchev–Trinajstić information content (AvgIpc) is 2.43. The van der Waals surface area contributed by atoms with Gasteiger partial charge < -0.3 is 15.2 Å². The van der Waals surface area contributed by atoms with Crippen LogP contribution in [0.3, 0.4) is 0 Å². The fourth-order valence-electron chi connectivity index (χ4n) is 1.66. The molecule has 2 N–H and O–H groups in total. The molecule has 0 heterocycles. The third kappa shape index (κ3) is 3.24. The zero-order valence-corrected chi connectivity index (χ0v) is 11.7. The van der Waals surface area contributed by atoms with Crippen molar-refractivity contribution < 1.29 is 13.9 Å². The summed E-state index contributed by atoms with van der Waals surface area (Å²) in [6, 6.07) is 11.5. The second kappa shape index (κ2) is 6.34. The second-order valence-corrected chi connectivity index (χ2v) is 4.43. The number of nitrogens with two attached hydrogens (primary N) is 1. The van der Waals surface area contributed by atoms with Crippen molar-refractivity contribution in [3.8, 4) is 17.2 Å². The standard InChI is InChI=1S/C15H14FNO2S/c1-2-18-13-5-3-4-6-14(13)19-12-8-7-10(15(17)20)9-11(12)16/h3-9H,2H2,1H3,(H2,17,20). The lowest BCUT2D eigenvalue weighted by molar-refractivity contribution is 0.319. The van der Waals surface area contributed by atoms with Crippen LogP contribution in [-0.4, -0.2) is 11.6 Å². The van der Waals surface area contributed by atoms with Gasteiger partial charge in [-0.2, -0.15) is 0 Å². The van der Waals surface area contributed by atoms with Gasteiger partial charge in [-0.25, -0.2) is 4.39 Å². The first-order valence-electron chi connectivity index (χ1n) is 6.11. The number of rotatable bonds is 5. The van der Waals surface area contributed by atoms with Crippen LogP contribution < -0.4 is 15.2 Å². The minimum Gasteiger partial charge on any atom is -0.490 e. The van der Waals surface area contributed by atoms with Gasteiger partial charge in [-0.15, -0.1) is 0 Å². The molecule has 2 rings (SSSR count). The van der Waals surface area contributed by atoms with E-state index in [-0.39, 0.29) is 10.7 Å². The van der Waals surface area contributed by atoms with E-state index in [0.29, 0.717) is 23.7 Å². The third-order valence-electron chi connectivity index (χ3n) is 2.59. The number of halogens is 1. The topological polar surface area (TPSA) is 44.5 Å². The minimum atomic E-state index is -0.526. The maximum absolute atomic E-state index is 13.9. The van der Waals surface area contributed by atoms with E-state index in [1.54, 1.807) is 24.3 Å². The molecular weight excluding hydrogens is 277 g/mol. The van der Waals surface area contributed by atoms with Crippen LogP contribution in [-0.2, 0) is 0 Å². The summed E-state index contributed by atoms with van der Waals surface area (Å²) in [5.41, 5.74) is 5.91. The number of para-hydroxylation sites is 2. The largest absolute Gasteiger partial charge is 0.490 e. The number of benzene rings is 2. The van der Waals surface area contributed by atoms with Crippen LogP contribution in [0, 0.1) is 5.82 Å². The summed E-state index contributed by atoms with van der Waals surface area (Å²) in [5.74, 6) is 0.586. The van der Waals surface area contributed by atoms with E-state index in [1.165, 1.54) is 12.1 Å². The van der Waals surface area contributed by atoms with Crippen LogP contribution in [0.25, 0.3) is 0 Å². The minimum absolute atomic E-state index is 0.0946. The summed E-state index contributed by atoms with van der Waals surface area (Å²) in [5, 5.41) is 0. The Morgan fingerprint density at radius 2 is 1.85 bits per heavy atom. The molecule has 0 bridgehead atoms. The van der Waals surface area contributed by atoms with E-state index in [9.17, 15) is 4.39 Å². The molecule has 20 heavy (non-hydrogen) atoms. The fraction of sp³-hybridized carbons (Fsp3) is 0.133. The van der Waals surface area contributed by atoms with E-state index in [4.69, 9.17) is 27.4 Å². The highest BCUT2D eigenvalue weighted by Gasteiger charge is 2.10. The van der Waals surface area contributed by atoms with Crippen LogP contribution >= 0.6 is 12.2 Å². The van der Waals surface area contributed by atoms with Crippen LogP contribution in [0.1, 0.15) is 12.5 Å². The first-order valence-corrected chi connectivity index (χ1v) is 6.51. The number of ether oxygens (including phenoxy) is 2. The number of hydrogen-bond donors (Lipinski definition) is 1. The van der Waals surface area contributed by atoms with Crippen molar-refractivity contribution >= 4 is 17.2 Å². The molecule has 3 nitrogen and oxygen atoms in total. The van der Waals surface area contributed by atoms with Crippen molar-refractivity contribution in [2.45, 2.75) is 6.92 Å². The fourth-order valence-corrected chi connectivity index (χ4v) is 1.79. The lowest BCUT2D eigenvalue weighted by Gasteiger charge is -2.12. The maximum atomic E-state index is 13.9. The summed E-state index contributed by atoms with van der Waals surface area (Å²) < 4.78 is 24.9. The SMILES string of the molecule is CCOc1ccccc1Oc1ccc(C(N)=S)cc1F. The molecule has 0 aromatic heterocycles. The number of hydrogen-bond acceptors (Lipinski definition) is 3. The van der Waals surface area contributed by atoms with Crippen LogP contribution in [0.4, 0.5) is 4.39 Å². The molecule has 104 valence electrons. The van der Waals surface area contributed by atoms with Gasteiger partial charge in [0.05, 0.1) is 6.61 Å². The molecule has 0 spiro atoms. The lowest BCUT2D eigenvalue weighted by atomic mass is 10.2. The van der Waals surface area contributed by atoms with Gasteiger partial charge in [0.25, 0.3) is 0 Å². The first kappa shape index (κ1) is 14.3. The van der Waals surface area contributed by atoms with Gasteiger partial charge in [-0.3, -0.25) is 0 Å². The summed E-state index contributed by atoms with van der Waals surface area (Å²) >= 11 is 4.80. The molecule has 0 aliphatic heterocycles. The molecule has 0 amide bonds. The molecule has 0 aliphatic rings. The predicted molar refractivity (Wildman–Crippen MR) is 80.0 cm³/mol. The maximum Gasteiger partial charge on any atom is 0.169 e. The molecule has 0 radical (unpaired) electrons. The third-order valence-corrected chi connectivity index (χ3v) is 2.82. The normalized spacial score (nSPS) is 10.1.